The fraction of sp³-hybridized carbons (Fsp3) is 0.667. The van der Waals surface area contributed by atoms with Gasteiger partial charge in [-0.15, -0.1) is 0 Å². The van der Waals surface area contributed by atoms with Crippen LogP contribution < -0.4 is 4.74 Å². The summed E-state index contributed by atoms with van der Waals surface area (Å²) in [6.07, 6.45) is 0.994. The number of imidazole rings is 1. The van der Waals surface area contributed by atoms with Gasteiger partial charge in [0.2, 0.25) is 0 Å². The van der Waals surface area contributed by atoms with Crippen LogP contribution in [0.1, 0.15) is 18.3 Å². The molecule has 0 saturated heterocycles. The molecule has 0 amide bonds. The van der Waals surface area contributed by atoms with Crippen LogP contribution in [-0.2, 0) is 11.2 Å². The number of hydrogen-bond acceptors (Lipinski definition) is 3. The van der Waals surface area contributed by atoms with Gasteiger partial charge >= 0.3 is 0 Å². The number of methoxy groups -OCH3 is 2. The molecule has 1 heterocycles. The van der Waals surface area contributed by atoms with Gasteiger partial charge in [0.15, 0.2) is 0 Å². The quantitative estimate of drug-likeness (QED) is 0.767. The topological polar surface area (TPSA) is 47.1 Å². The molecular weight excluding hydrogens is 168 g/mol. The number of aromatic amines is 1. The second kappa shape index (κ2) is 4.28. The molecule has 0 spiro atoms. The van der Waals surface area contributed by atoms with Gasteiger partial charge in [0, 0.05) is 19.2 Å². The van der Waals surface area contributed by atoms with Gasteiger partial charge in [-0.05, 0) is 13.8 Å². The Bertz CT molecular complexity index is 271. The summed E-state index contributed by atoms with van der Waals surface area (Å²) in [6, 6.07) is 0.566. The van der Waals surface area contributed by atoms with Gasteiger partial charge in [-0.3, -0.25) is 0 Å². The van der Waals surface area contributed by atoms with E-state index in [9.17, 15) is 0 Å². The Morgan fingerprint density at radius 3 is 2.62 bits per heavy atom. The lowest BCUT2D eigenvalue weighted by molar-refractivity contribution is 0.118. The highest BCUT2D eigenvalue weighted by molar-refractivity contribution is 5.16. The maximum absolute atomic E-state index is 5.16. The first kappa shape index (κ1) is 10.1. The first-order valence-electron chi connectivity index (χ1n) is 4.29. The number of H-pyrrole nitrogens is 1. The Hall–Kier alpha value is -1.03. The van der Waals surface area contributed by atoms with Crippen molar-refractivity contribution >= 4 is 0 Å². The van der Waals surface area contributed by atoms with E-state index in [0.717, 1.165) is 17.8 Å². The predicted molar refractivity (Wildman–Crippen MR) is 50.1 cm³/mol. The van der Waals surface area contributed by atoms with E-state index in [1.54, 1.807) is 14.2 Å². The summed E-state index contributed by atoms with van der Waals surface area (Å²) in [5, 5.41) is 0. The van der Waals surface area contributed by atoms with Crippen LogP contribution in [0.15, 0.2) is 0 Å². The Kier molecular flexibility index (Phi) is 3.31. The highest BCUT2D eigenvalue weighted by atomic mass is 16.5. The molecule has 1 aromatic heterocycles. The predicted octanol–water partition coefficient (Wildman–Crippen LogP) is 1.30. The van der Waals surface area contributed by atoms with Crippen LogP contribution in [0.25, 0.3) is 0 Å². The van der Waals surface area contributed by atoms with Crippen LogP contribution in [0.5, 0.6) is 6.01 Å². The van der Waals surface area contributed by atoms with Crippen molar-refractivity contribution in [2.45, 2.75) is 26.4 Å². The summed E-state index contributed by atoms with van der Waals surface area (Å²) >= 11 is 0. The second-order valence-corrected chi connectivity index (χ2v) is 3.07. The van der Waals surface area contributed by atoms with E-state index in [-0.39, 0.29) is 6.10 Å². The van der Waals surface area contributed by atoms with Gasteiger partial charge in [0.05, 0.1) is 18.9 Å². The highest BCUT2D eigenvalue weighted by Crippen LogP contribution is 2.12. The van der Waals surface area contributed by atoms with Crippen LogP contribution >= 0.6 is 0 Å². The summed E-state index contributed by atoms with van der Waals surface area (Å²) in [5.41, 5.74) is 2.05. The number of aryl methyl sites for hydroxylation is 1. The van der Waals surface area contributed by atoms with Gasteiger partial charge in [-0.25, -0.2) is 4.98 Å². The fourth-order valence-electron chi connectivity index (χ4n) is 1.12. The minimum atomic E-state index is 0.187. The van der Waals surface area contributed by atoms with Gasteiger partial charge in [0.1, 0.15) is 0 Å². The molecule has 0 aliphatic rings. The van der Waals surface area contributed by atoms with Crippen LogP contribution in [0, 0.1) is 6.92 Å². The molecule has 0 aliphatic heterocycles. The summed E-state index contributed by atoms with van der Waals surface area (Å²) in [6.45, 7) is 3.99. The normalized spacial score (nSPS) is 12.9. The van der Waals surface area contributed by atoms with E-state index in [1.165, 1.54) is 0 Å². The molecule has 1 N–H and O–H groups in total. The first-order chi connectivity index (χ1) is 6.17. The van der Waals surface area contributed by atoms with Crippen molar-refractivity contribution in [2.75, 3.05) is 14.2 Å². The molecule has 0 fully saturated rings. The molecule has 74 valence electrons. The van der Waals surface area contributed by atoms with E-state index < -0.39 is 0 Å². The lowest BCUT2D eigenvalue weighted by Crippen LogP contribution is -2.09. The Balaban J connectivity index is 2.70. The Labute approximate surface area is 78.3 Å². The van der Waals surface area contributed by atoms with Crippen molar-refractivity contribution in [1.82, 2.24) is 9.97 Å². The number of nitrogens with zero attached hydrogens (tertiary/aromatic N) is 1. The Morgan fingerprint density at radius 2 is 2.15 bits per heavy atom. The lowest BCUT2D eigenvalue weighted by atomic mass is 10.2. The van der Waals surface area contributed by atoms with E-state index >= 15 is 0 Å². The maximum Gasteiger partial charge on any atom is 0.293 e. The number of aromatic nitrogens is 2. The van der Waals surface area contributed by atoms with Crippen molar-refractivity contribution in [2.24, 2.45) is 0 Å². The molecule has 0 radical (unpaired) electrons. The highest BCUT2D eigenvalue weighted by Gasteiger charge is 2.09. The minimum Gasteiger partial charge on any atom is -0.468 e. The average molecular weight is 184 g/mol. The summed E-state index contributed by atoms with van der Waals surface area (Å²) in [5.74, 6) is 0. The zero-order valence-corrected chi connectivity index (χ0v) is 8.55. The van der Waals surface area contributed by atoms with Gasteiger partial charge in [0.25, 0.3) is 6.01 Å². The molecule has 1 unspecified atom stereocenters. The smallest absolute Gasteiger partial charge is 0.293 e. The fourth-order valence-corrected chi connectivity index (χ4v) is 1.12. The molecule has 4 nitrogen and oxygen atoms in total. The summed E-state index contributed by atoms with van der Waals surface area (Å²) < 4.78 is 10.1. The van der Waals surface area contributed by atoms with Crippen LogP contribution in [0.3, 0.4) is 0 Å². The third kappa shape index (κ3) is 2.45. The molecule has 1 atom stereocenters. The number of hydrogen-bond donors (Lipinski definition) is 1. The van der Waals surface area contributed by atoms with Gasteiger partial charge in [-0.2, -0.15) is 0 Å². The molecular formula is C9H16N2O2. The average Bonchev–Trinajstić information content (AvgIpc) is 2.47. The molecule has 0 bridgehead atoms. The summed E-state index contributed by atoms with van der Waals surface area (Å²) in [4.78, 5) is 7.29. The first-order valence-corrected chi connectivity index (χ1v) is 4.29. The molecule has 0 saturated carbocycles. The zero-order valence-electron chi connectivity index (χ0n) is 8.55. The second-order valence-electron chi connectivity index (χ2n) is 3.07. The number of nitrogens with one attached hydrogen (secondary N) is 1. The molecule has 1 aromatic rings. The zero-order chi connectivity index (χ0) is 9.84. The number of ether oxygens (including phenoxy) is 2. The van der Waals surface area contributed by atoms with Gasteiger partial charge in [-0.1, -0.05) is 0 Å². The van der Waals surface area contributed by atoms with Crippen molar-refractivity contribution < 1.29 is 9.47 Å². The van der Waals surface area contributed by atoms with Crippen molar-refractivity contribution in [3.63, 3.8) is 0 Å². The van der Waals surface area contributed by atoms with E-state index in [1.807, 2.05) is 13.8 Å². The number of rotatable bonds is 4. The third-order valence-corrected chi connectivity index (χ3v) is 2.04. The van der Waals surface area contributed by atoms with E-state index in [2.05, 4.69) is 9.97 Å². The van der Waals surface area contributed by atoms with Crippen molar-refractivity contribution in [3.8, 4) is 6.01 Å². The van der Waals surface area contributed by atoms with Crippen molar-refractivity contribution in [1.29, 1.82) is 0 Å². The third-order valence-electron chi connectivity index (χ3n) is 2.04. The van der Waals surface area contributed by atoms with Crippen LogP contribution in [-0.4, -0.2) is 30.3 Å². The van der Waals surface area contributed by atoms with Crippen LogP contribution in [0.2, 0.25) is 0 Å². The molecule has 1 rings (SSSR count). The Morgan fingerprint density at radius 1 is 1.46 bits per heavy atom. The van der Waals surface area contributed by atoms with Crippen LogP contribution in [0.4, 0.5) is 0 Å². The monoisotopic (exact) mass is 184 g/mol. The molecule has 4 heteroatoms. The minimum absolute atomic E-state index is 0.187. The molecule has 0 aromatic carbocycles. The SMILES string of the molecule is COc1nc(CC(C)OC)c(C)[nH]1. The molecule has 0 aliphatic carbocycles. The summed E-state index contributed by atoms with van der Waals surface area (Å²) in [7, 11) is 3.30. The molecule has 13 heavy (non-hydrogen) atoms. The maximum atomic E-state index is 5.16. The van der Waals surface area contributed by atoms with E-state index in [4.69, 9.17) is 9.47 Å². The van der Waals surface area contributed by atoms with E-state index in [0.29, 0.717) is 6.01 Å². The standard InChI is InChI=1S/C9H16N2O2/c1-6(12-3)5-8-7(2)10-9(11-8)13-4/h6H,5H2,1-4H3,(H,10,11). The van der Waals surface area contributed by atoms with Crippen molar-refractivity contribution in [3.05, 3.63) is 11.4 Å². The van der Waals surface area contributed by atoms with Gasteiger partial charge < -0.3 is 14.5 Å². The largest absolute Gasteiger partial charge is 0.468 e. The lowest BCUT2D eigenvalue weighted by Gasteiger charge is -2.06.